The molecule has 0 bridgehead atoms. The van der Waals surface area contributed by atoms with Crippen LogP contribution in [0.4, 0.5) is 21.7 Å². The summed E-state index contributed by atoms with van der Waals surface area (Å²) in [5.41, 5.74) is 3.15. The lowest BCUT2D eigenvalue weighted by Gasteiger charge is -2.13. The van der Waals surface area contributed by atoms with Crippen LogP contribution < -0.4 is 15.5 Å². The van der Waals surface area contributed by atoms with Crippen molar-refractivity contribution in [1.82, 2.24) is 9.97 Å². The fourth-order valence-corrected chi connectivity index (χ4v) is 2.55. The molecule has 3 rings (SSSR count). The number of aromatic nitrogens is 2. The molecule has 6 nitrogen and oxygen atoms in total. The highest BCUT2D eigenvalue weighted by Gasteiger charge is 2.08. The van der Waals surface area contributed by atoms with Gasteiger partial charge in [-0.3, -0.25) is 4.79 Å². The van der Waals surface area contributed by atoms with Gasteiger partial charge in [-0.05, 0) is 48.4 Å². The smallest absolute Gasteiger partial charge is 0.258 e. The molecule has 28 heavy (non-hydrogen) atoms. The summed E-state index contributed by atoms with van der Waals surface area (Å²) >= 11 is 0. The third kappa shape index (κ3) is 5.26. The topological polar surface area (TPSA) is 70.2 Å². The average molecular weight is 379 g/mol. The number of amides is 1. The van der Waals surface area contributed by atoms with Gasteiger partial charge in [-0.25, -0.2) is 14.4 Å². The first kappa shape index (κ1) is 19.3. The average Bonchev–Trinajstić information content (AvgIpc) is 2.70. The Kier molecular flexibility index (Phi) is 6.16. The molecule has 3 aromatic rings. The van der Waals surface area contributed by atoms with Gasteiger partial charge < -0.3 is 15.5 Å². The van der Waals surface area contributed by atoms with Gasteiger partial charge in [0.15, 0.2) is 0 Å². The Balaban J connectivity index is 1.51. The summed E-state index contributed by atoms with van der Waals surface area (Å²) in [4.78, 5) is 22.7. The van der Waals surface area contributed by atoms with Crippen molar-refractivity contribution in [2.75, 3.05) is 36.2 Å². The Bertz CT molecular complexity index is 909. The van der Waals surface area contributed by atoms with Crippen molar-refractivity contribution in [3.8, 4) is 0 Å². The van der Waals surface area contributed by atoms with Gasteiger partial charge in [0.2, 0.25) is 5.95 Å². The third-order valence-electron chi connectivity index (χ3n) is 4.17. The van der Waals surface area contributed by atoms with Crippen LogP contribution in [0.5, 0.6) is 0 Å². The van der Waals surface area contributed by atoms with Crippen LogP contribution in [0.25, 0.3) is 0 Å². The maximum Gasteiger partial charge on any atom is 0.258 e. The van der Waals surface area contributed by atoms with E-state index in [1.165, 1.54) is 24.5 Å². The van der Waals surface area contributed by atoms with Crippen molar-refractivity contribution in [2.24, 2.45) is 0 Å². The van der Waals surface area contributed by atoms with Gasteiger partial charge in [0.1, 0.15) is 5.82 Å². The van der Waals surface area contributed by atoms with Crippen LogP contribution >= 0.6 is 0 Å². The number of carbonyl (C=O) groups excluding carboxylic acids is 1. The first-order valence-corrected chi connectivity index (χ1v) is 8.90. The summed E-state index contributed by atoms with van der Waals surface area (Å²) in [6.45, 7) is 0.607. The number of carbonyl (C=O) groups is 1. The molecule has 0 saturated carbocycles. The lowest BCUT2D eigenvalue weighted by Crippen LogP contribution is -2.14. The number of nitrogens with one attached hydrogen (secondary N) is 2. The molecule has 1 amide bonds. The molecule has 0 spiro atoms. The molecule has 0 radical (unpaired) electrons. The van der Waals surface area contributed by atoms with E-state index in [1.807, 2.05) is 43.3 Å². The van der Waals surface area contributed by atoms with E-state index >= 15 is 0 Å². The van der Waals surface area contributed by atoms with Gasteiger partial charge in [-0.15, -0.1) is 0 Å². The minimum Gasteiger partial charge on any atom is -0.378 e. The highest BCUT2D eigenvalue weighted by atomic mass is 19.1. The molecule has 0 aliphatic carbocycles. The molecule has 0 saturated heterocycles. The van der Waals surface area contributed by atoms with E-state index in [9.17, 15) is 9.18 Å². The molecule has 0 fully saturated rings. The van der Waals surface area contributed by atoms with Crippen LogP contribution in [0.15, 0.2) is 60.9 Å². The number of rotatable bonds is 7. The Morgan fingerprint density at radius 2 is 1.64 bits per heavy atom. The number of hydrogen-bond donors (Lipinski definition) is 2. The van der Waals surface area contributed by atoms with Gasteiger partial charge in [-0.1, -0.05) is 12.1 Å². The minimum atomic E-state index is -0.268. The van der Waals surface area contributed by atoms with E-state index < -0.39 is 0 Å². The zero-order chi connectivity index (χ0) is 19.9. The molecule has 0 aliphatic rings. The van der Waals surface area contributed by atoms with Crippen LogP contribution in [0.1, 0.15) is 15.9 Å². The van der Waals surface area contributed by atoms with Crippen molar-refractivity contribution in [2.45, 2.75) is 6.42 Å². The number of anilines is 3. The highest BCUT2D eigenvalue weighted by Crippen LogP contribution is 2.16. The van der Waals surface area contributed by atoms with Gasteiger partial charge in [0, 0.05) is 44.4 Å². The molecule has 0 unspecified atom stereocenters. The zero-order valence-electron chi connectivity index (χ0n) is 15.8. The van der Waals surface area contributed by atoms with Crippen LogP contribution in [-0.4, -0.2) is 36.5 Å². The van der Waals surface area contributed by atoms with E-state index in [0.717, 1.165) is 17.7 Å². The minimum absolute atomic E-state index is 0.248. The van der Waals surface area contributed by atoms with Gasteiger partial charge in [0.05, 0.1) is 5.56 Å². The van der Waals surface area contributed by atoms with Crippen molar-refractivity contribution in [1.29, 1.82) is 0 Å². The van der Waals surface area contributed by atoms with Crippen LogP contribution in [0.3, 0.4) is 0 Å². The van der Waals surface area contributed by atoms with Crippen molar-refractivity contribution in [3.05, 3.63) is 77.9 Å². The molecule has 2 N–H and O–H groups in total. The quantitative estimate of drug-likeness (QED) is 0.657. The van der Waals surface area contributed by atoms with Crippen LogP contribution in [-0.2, 0) is 6.42 Å². The van der Waals surface area contributed by atoms with Crippen molar-refractivity contribution < 1.29 is 9.18 Å². The highest BCUT2D eigenvalue weighted by molar-refractivity contribution is 6.03. The molecule has 7 heteroatoms. The fourth-order valence-electron chi connectivity index (χ4n) is 2.55. The number of benzene rings is 2. The summed E-state index contributed by atoms with van der Waals surface area (Å²) in [5, 5.41) is 5.91. The largest absolute Gasteiger partial charge is 0.378 e. The molecule has 1 heterocycles. The molecular formula is C21H22FN5O. The third-order valence-corrected chi connectivity index (χ3v) is 4.17. The summed E-state index contributed by atoms with van der Waals surface area (Å²) in [6, 6.07) is 13.9. The predicted octanol–water partition coefficient (Wildman–Crippen LogP) is 3.59. The predicted molar refractivity (Wildman–Crippen MR) is 109 cm³/mol. The fraction of sp³-hybridized carbons (Fsp3) is 0.190. The van der Waals surface area contributed by atoms with Gasteiger partial charge in [-0.2, -0.15) is 0 Å². The van der Waals surface area contributed by atoms with Crippen LogP contribution in [0, 0.1) is 5.82 Å². The van der Waals surface area contributed by atoms with Gasteiger partial charge >= 0.3 is 0 Å². The summed E-state index contributed by atoms with van der Waals surface area (Å²) in [7, 11) is 3.92. The standard InChI is InChI=1S/C21H22FN5O/c1-27(2)19-9-7-18(8-10-19)26-20(28)16-13-24-21(25-14-16)23-12-11-15-3-5-17(22)6-4-15/h3-10,13-14H,11-12H2,1-2H3,(H,26,28)(H,23,24,25). The van der Waals surface area contributed by atoms with Crippen molar-refractivity contribution >= 4 is 23.2 Å². The normalized spacial score (nSPS) is 10.4. The number of hydrogen-bond acceptors (Lipinski definition) is 5. The molecular weight excluding hydrogens is 357 g/mol. The number of halogens is 1. The zero-order valence-corrected chi connectivity index (χ0v) is 15.8. The monoisotopic (exact) mass is 379 g/mol. The molecule has 2 aromatic carbocycles. The van der Waals surface area contributed by atoms with Gasteiger partial charge in [0.25, 0.3) is 5.91 Å². The summed E-state index contributed by atoms with van der Waals surface area (Å²) in [5.74, 6) is -0.0768. The first-order valence-electron chi connectivity index (χ1n) is 8.90. The second-order valence-corrected chi connectivity index (χ2v) is 6.49. The molecule has 0 atom stereocenters. The summed E-state index contributed by atoms with van der Waals surface area (Å²) in [6.07, 6.45) is 3.68. The van der Waals surface area contributed by atoms with E-state index in [1.54, 1.807) is 12.1 Å². The van der Waals surface area contributed by atoms with E-state index in [4.69, 9.17) is 0 Å². The Morgan fingerprint density at radius 3 is 2.25 bits per heavy atom. The van der Waals surface area contributed by atoms with E-state index in [2.05, 4.69) is 20.6 Å². The first-order chi connectivity index (χ1) is 13.5. The second-order valence-electron chi connectivity index (χ2n) is 6.49. The maximum atomic E-state index is 12.9. The molecule has 0 aliphatic heterocycles. The molecule has 144 valence electrons. The van der Waals surface area contributed by atoms with Crippen molar-refractivity contribution in [3.63, 3.8) is 0 Å². The second kappa shape index (κ2) is 8.94. The number of nitrogens with zero attached hydrogens (tertiary/aromatic N) is 3. The van der Waals surface area contributed by atoms with E-state index in [0.29, 0.717) is 23.7 Å². The Hall–Kier alpha value is -3.48. The Morgan fingerprint density at radius 1 is 1.00 bits per heavy atom. The Labute approximate surface area is 163 Å². The lowest BCUT2D eigenvalue weighted by molar-refractivity contribution is 0.102. The van der Waals surface area contributed by atoms with E-state index in [-0.39, 0.29) is 11.7 Å². The molecule has 1 aromatic heterocycles. The summed E-state index contributed by atoms with van der Waals surface area (Å²) < 4.78 is 12.9. The van der Waals surface area contributed by atoms with Crippen LogP contribution in [0.2, 0.25) is 0 Å². The lowest BCUT2D eigenvalue weighted by atomic mass is 10.1. The maximum absolute atomic E-state index is 12.9. The SMILES string of the molecule is CN(C)c1ccc(NC(=O)c2cnc(NCCc3ccc(F)cc3)nc2)cc1.